The van der Waals surface area contributed by atoms with Crippen LogP contribution in [0.1, 0.15) is 43.6 Å². The first-order valence-electron chi connectivity index (χ1n) is 8.62. The van der Waals surface area contributed by atoms with Gasteiger partial charge in [0.25, 0.3) is 0 Å². The number of benzene rings is 1. The van der Waals surface area contributed by atoms with Crippen molar-refractivity contribution in [3.05, 3.63) is 46.5 Å². The second-order valence-electron chi connectivity index (χ2n) is 5.76. The van der Waals surface area contributed by atoms with Gasteiger partial charge in [-0.2, -0.15) is 0 Å². The number of hydrogen-bond donors (Lipinski definition) is 1. The molecule has 140 valence electrons. The molecule has 0 aliphatic rings. The van der Waals surface area contributed by atoms with E-state index in [1.165, 1.54) is 28.7 Å². The van der Waals surface area contributed by atoms with Gasteiger partial charge in [0, 0.05) is 5.38 Å². The Balaban J connectivity index is 1.79. The standard InChI is InChI=1S/C19H24N2O3S2/c1-4-14-6-8-15(9-7-14)13(3)20-17(22)12-26-19-21-16(11-25-19)10-18(23)24-5-2/h6-9,11,13H,4-5,10,12H2,1-3H3,(H,20,22)/t13-/m0/s1. The van der Waals surface area contributed by atoms with Gasteiger partial charge in [0.2, 0.25) is 5.91 Å². The minimum absolute atomic E-state index is 0.0373. The maximum Gasteiger partial charge on any atom is 0.311 e. The molecule has 2 rings (SSSR count). The molecular weight excluding hydrogens is 368 g/mol. The number of rotatable bonds is 9. The summed E-state index contributed by atoms with van der Waals surface area (Å²) in [5.41, 5.74) is 3.05. The number of hydrogen-bond acceptors (Lipinski definition) is 6. The molecular formula is C19H24N2O3S2. The quantitative estimate of drug-likeness (QED) is 0.519. The van der Waals surface area contributed by atoms with Crippen molar-refractivity contribution in [1.82, 2.24) is 10.3 Å². The van der Waals surface area contributed by atoms with Gasteiger partial charge in [-0.3, -0.25) is 9.59 Å². The Morgan fingerprint density at radius 3 is 2.65 bits per heavy atom. The van der Waals surface area contributed by atoms with Gasteiger partial charge in [0.1, 0.15) is 0 Å². The van der Waals surface area contributed by atoms with E-state index in [1.807, 2.05) is 12.3 Å². The molecule has 26 heavy (non-hydrogen) atoms. The van der Waals surface area contributed by atoms with Crippen LogP contribution in [-0.4, -0.2) is 29.2 Å². The van der Waals surface area contributed by atoms with Crippen LogP contribution in [0.15, 0.2) is 34.0 Å². The van der Waals surface area contributed by atoms with Crippen LogP contribution in [0, 0.1) is 0 Å². The van der Waals surface area contributed by atoms with Gasteiger partial charge in [-0.15, -0.1) is 11.3 Å². The molecule has 1 atom stereocenters. The number of nitrogens with zero attached hydrogens (tertiary/aromatic N) is 1. The summed E-state index contributed by atoms with van der Waals surface area (Å²) in [4.78, 5) is 28.0. The molecule has 0 radical (unpaired) electrons. The predicted molar refractivity (Wildman–Crippen MR) is 106 cm³/mol. The van der Waals surface area contributed by atoms with Crippen molar-refractivity contribution in [3.8, 4) is 0 Å². The van der Waals surface area contributed by atoms with Gasteiger partial charge in [-0.05, 0) is 31.4 Å². The fraction of sp³-hybridized carbons (Fsp3) is 0.421. The van der Waals surface area contributed by atoms with E-state index in [0.717, 1.165) is 16.3 Å². The summed E-state index contributed by atoms with van der Waals surface area (Å²) in [5.74, 6) is -0.0248. The van der Waals surface area contributed by atoms with E-state index in [4.69, 9.17) is 4.74 Å². The van der Waals surface area contributed by atoms with Crippen LogP contribution in [0.5, 0.6) is 0 Å². The van der Waals surface area contributed by atoms with E-state index in [9.17, 15) is 9.59 Å². The minimum atomic E-state index is -0.282. The van der Waals surface area contributed by atoms with Crippen molar-refractivity contribution in [2.45, 2.75) is 44.0 Å². The van der Waals surface area contributed by atoms with Crippen molar-refractivity contribution in [3.63, 3.8) is 0 Å². The molecule has 1 amide bonds. The Morgan fingerprint density at radius 2 is 2.00 bits per heavy atom. The van der Waals surface area contributed by atoms with E-state index in [-0.39, 0.29) is 24.3 Å². The highest BCUT2D eigenvalue weighted by Crippen LogP contribution is 2.23. The van der Waals surface area contributed by atoms with E-state index in [2.05, 4.69) is 41.5 Å². The van der Waals surface area contributed by atoms with Crippen molar-refractivity contribution in [2.24, 2.45) is 0 Å². The summed E-state index contributed by atoms with van der Waals surface area (Å²) < 4.78 is 5.69. The van der Waals surface area contributed by atoms with E-state index >= 15 is 0 Å². The number of carbonyl (C=O) groups is 2. The predicted octanol–water partition coefficient (Wildman–Crippen LogP) is 3.78. The number of amides is 1. The van der Waals surface area contributed by atoms with Crippen LogP contribution in [0.25, 0.3) is 0 Å². The summed E-state index contributed by atoms with van der Waals surface area (Å²) in [5, 5.41) is 4.83. The zero-order valence-electron chi connectivity index (χ0n) is 15.3. The topological polar surface area (TPSA) is 68.3 Å². The molecule has 2 aromatic rings. The maximum absolute atomic E-state index is 12.2. The molecule has 7 heteroatoms. The molecule has 1 aromatic heterocycles. The average molecular weight is 393 g/mol. The Kier molecular flexibility index (Phi) is 8.12. The number of esters is 1. The summed E-state index contributed by atoms with van der Waals surface area (Å²) >= 11 is 2.81. The highest BCUT2D eigenvalue weighted by molar-refractivity contribution is 8.01. The third-order valence-corrected chi connectivity index (χ3v) is 5.82. The summed E-state index contributed by atoms with van der Waals surface area (Å²) in [6.45, 7) is 6.24. The lowest BCUT2D eigenvalue weighted by atomic mass is 10.1. The van der Waals surface area contributed by atoms with E-state index < -0.39 is 0 Å². The molecule has 1 aromatic carbocycles. The van der Waals surface area contributed by atoms with E-state index in [0.29, 0.717) is 18.1 Å². The summed E-state index contributed by atoms with van der Waals surface area (Å²) in [6.07, 6.45) is 1.17. The molecule has 0 spiro atoms. The monoisotopic (exact) mass is 392 g/mol. The van der Waals surface area contributed by atoms with Crippen LogP contribution in [0.2, 0.25) is 0 Å². The first-order chi connectivity index (χ1) is 12.5. The lowest BCUT2D eigenvalue weighted by Gasteiger charge is -2.14. The highest BCUT2D eigenvalue weighted by Gasteiger charge is 2.12. The van der Waals surface area contributed by atoms with Gasteiger partial charge in [0.15, 0.2) is 4.34 Å². The van der Waals surface area contributed by atoms with Crippen LogP contribution >= 0.6 is 23.1 Å². The van der Waals surface area contributed by atoms with Crippen molar-refractivity contribution in [1.29, 1.82) is 0 Å². The molecule has 0 saturated heterocycles. The van der Waals surface area contributed by atoms with Gasteiger partial charge >= 0.3 is 5.97 Å². The van der Waals surface area contributed by atoms with Crippen LogP contribution in [0.3, 0.4) is 0 Å². The zero-order valence-corrected chi connectivity index (χ0v) is 16.9. The van der Waals surface area contributed by atoms with Gasteiger partial charge in [-0.25, -0.2) is 4.98 Å². The fourth-order valence-electron chi connectivity index (χ4n) is 2.33. The first kappa shape index (κ1) is 20.5. The molecule has 1 heterocycles. The third kappa shape index (κ3) is 6.46. The Bertz CT molecular complexity index is 729. The highest BCUT2D eigenvalue weighted by atomic mass is 32.2. The number of carbonyl (C=O) groups excluding carboxylic acids is 2. The number of aromatic nitrogens is 1. The van der Waals surface area contributed by atoms with Crippen molar-refractivity contribution in [2.75, 3.05) is 12.4 Å². The Morgan fingerprint density at radius 1 is 1.27 bits per heavy atom. The lowest BCUT2D eigenvalue weighted by molar-refractivity contribution is -0.142. The molecule has 1 N–H and O–H groups in total. The van der Waals surface area contributed by atoms with Crippen molar-refractivity contribution < 1.29 is 14.3 Å². The molecule has 0 aliphatic heterocycles. The molecule has 0 aliphatic carbocycles. The lowest BCUT2D eigenvalue weighted by Crippen LogP contribution is -2.28. The van der Waals surface area contributed by atoms with Crippen molar-refractivity contribution >= 4 is 35.0 Å². The number of aryl methyl sites for hydroxylation is 1. The molecule has 0 saturated carbocycles. The van der Waals surface area contributed by atoms with E-state index in [1.54, 1.807) is 6.92 Å². The summed E-state index contributed by atoms with van der Waals surface area (Å²) in [6, 6.07) is 8.25. The maximum atomic E-state index is 12.2. The largest absolute Gasteiger partial charge is 0.466 e. The molecule has 0 bridgehead atoms. The third-order valence-electron chi connectivity index (χ3n) is 3.75. The number of thioether (sulfide) groups is 1. The second kappa shape index (κ2) is 10.3. The molecule has 0 fully saturated rings. The Hall–Kier alpha value is -1.86. The number of ether oxygens (including phenoxy) is 1. The number of nitrogens with one attached hydrogen (secondary N) is 1. The zero-order chi connectivity index (χ0) is 18.9. The fourth-order valence-corrected chi connectivity index (χ4v) is 3.99. The second-order valence-corrected chi connectivity index (χ2v) is 7.84. The smallest absolute Gasteiger partial charge is 0.311 e. The van der Waals surface area contributed by atoms with Crippen LogP contribution in [-0.2, 0) is 27.2 Å². The van der Waals surface area contributed by atoms with Gasteiger partial charge in [-0.1, -0.05) is 43.0 Å². The average Bonchev–Trinajstić information content (AvgIpc) is 3.07. The number of thiazole rings is 1. The van der Waals surface area contributed by atoms with Gasteiger partial charge < -0.3 is 10.1 Å². The SMILES string of the molecule is CCOC(=O)Cc1csc(SCC(=O)N[C@@H](C)c2ccc(CC)cc2)n1. The molecule has 0 unspecified atom stereocenters. The normalized spacial score (nSPS) is 11.8. The Labute approximate surface area is 162 Å². The molecule has 5 nitrogen and oxygen atoms in total. The summed E-state index contributed by atoms with van der Waals surface area (Å²) in [7, 11) is 0. The van der Waals surface area contributed by atoms with Crippen LogP contribution in [0.4, 0.5) is 0 Å². The van der Waals surface area contributed by atoms with Gasteiger partial charge in [0.05, 0.1) is 30.5 Å². The minimum Gasteiger partial charge on any atom is -0.466 e. The first-order valence-corrected chi connectivity index (χ1v) is 10.5. The van der Waals surface area contributed by atoms with Crippen LogP contribution < -0.4 is 5.32 Å².